The van der Waals surface area contributed by atoms with E-state index in [1.165, 1.54) is 12.8 Å². The Morgan fingerprint density at radius 3 is 2.90 bits per heavy atom. The van der Waals surface area contributed by atoms with Gasteiger partial charge in [-0.1, -0.05) is 11.6 Å². The molecule has 1 aromatic carbocycles. The molecule has 0 radical (unpaired) electrons. The van der Waals surface area contributed by atoms with Gasteiger partial charge < -0.3 is 14.5 Å². The SMILES string of the molecule is Cc1oc(CNC2CC2)cc1COc1ccc(Cl)cc1Br. The summed E-state index contributed by atoms with van der Waals surface area (Å²) in [4.78, 5) is 0. The Hall–Kier alpha value is -0.970. The molecule has 1 aliphatic carbocycles. The van der Waals surface area contributed by atoms with Crippen LogP contribution in [0.3, 0.4) is 0 Å². The molecule has 0 aliphatic heterocycles. The second-order valence-electron chi connectivity index (χ2n) is 5.31. The maximum Gasteiger partial charge on any atom is 0.134 e. The van der Waals surface area contributed by atoms with E-state index in [9.17, 15) is 0 Å². The summed E-state index contributed by atoms with van der Waals surface area (Å²) in [6, 6.07) is 8.24. The third-order valence-corrected chi connectivity index (χ3v) is 4.35. The van der Waals surface area contributed by atoms with Crippen molar-refractivity contribution in [3.05, 3.63) is 50.8 Å². The van der Waals surface area contributed by atoms with Crippen LogP contribution in [0.4, 0.5) is 0 Å². The van der Waals surface area contributed by atoms with E-state index in [0.29, 0.717) is 17.7 Å². The topological polar surface area (TPSA) is 34.4 Å². The fourth-order valence-electron chi connectivity index (χ4n) is 2.10. The molecular formula is C16H17BrClNO2. The van der Waals surface area contributed by atoms with Crippen LogP contribution in [-0.2, 0) is 13.2 Å². The molecule has 3 rings (SSSR count). The summed E-state index contributed by atoms with van der Waals surface area (Å²) in [6.45, 7) is 3.24. The number of hydrogen-bond acceptors (Lipinski definition) is 3. The van der Waals surface area contributed by atoms with Crippen LogP contribution >= 0.6 is 27.5 Å². The minimum Gasteiger partial charge on any atom is -0.488 e. The maximum atomic E-state index is 5.92. The third kappa shape index (κ3) is 4.02. The van der Waals surface area contributed by atoms with Crippen LogP contribution in [0.1, 0.15) is 29.9 Å². The third-order valence-electron chi connectivity index (χ3n) is 3.49. The van der Waals surface area contributed by atoms with E-state index < -0.39 is 0 Å². The monoisotopic (exact) mass is 369 g/mol. The average molecular weight is 371 g/mol. The molecule has 21 heavy (non-hydrogen) atoms. The Kier molecular flexibility index (Phi) is 4.57. The molecule has 112 valence electrons. The lowest BCUT2D eigenvalue weighted by atomic mass is 10.2. The number of nitrogens with one attached hydrogen (secondary N) is 1. The summed E-state index contributed by atoms with van der Waals surface area (Å²) < 4.78 is 12.4. The molecule has 1 aromatic heterocycles. The van der Waals surface area contributed by atoms with Crippen molar-refractivity contribution in [2.75, 3.05) is 0 Å². The van der Waals surface area contributed by atoms with Crippen molar-refractivity contribution in [3.63, 3.8) is 0 Å². The fourth-order valence-corrected chi connectivity index (χ4v) is 2.90. The van der Waals surface area contributed by atoms with Crippen LogP contribution in [-0.4, -0.2) is 6.04 Å². The number of hydrogen-bond donors (Lipinski definition) is 1. The standard InChI is InChI=1S/C16H17BrClNO2/c1-10-11(6-14(21-10)8-19-13-3-4-13)9-20-16-5-2-12(18)7-15(16)17/h2,5-7,13,19H,3-4,8-9H2,1H3. The van der Waals surface area contributed by atoms with Gasteiger partial charge in [-0.3, -0.25) is 0 Å². The van der Waals surface area contributed by atoms with Crippen molar-refractivity contribution in [3.8, 4) is 5.75 Å². The summed E-state index contributed by atoms with van der Waals surface area (Å²) in [5.74, 6) is 2.65. The summed E-state index contributed by atoms with van der Waals surface area (Å²) >= 11 is 9.37. The Balaban J connectivity index is 1.61. The van der Waals surface area contributed by atoms with E-state index in [0.717, 1.165) is 33.9 Å². The maximum absolute atomic E-state index is 5.92. The van der Waals surface area contributed by atoms with E-state index >= 15 is 0 Å². The molecule has 0 unspecified atom stereocenters. The first-order chi connectivity index (χ1) is 10.1. The average Bonchev–Trinajstić information content (AvgIpc) is 3.20. The molecule has 1 N–H and O–H groups in total. The van der Waals surface area contributed by atoms with Gasteiger partial charge >= 0.3 is 0 Å². The number of halogens is 2. The highest BCUT2D eigenvalue weighted by Crippen LogP contribution is 2.29. The molecule has 2 aromatic rings. The molecule has 1 aliphatic rings. The number of ether oxygens (including phenoxy) is 1. The Bertz CT molecular complexity index is 637. The van der Waals surface area contributed by atoms with Crippen molar-refractivity contribution in [1.82, 2.24) is 5.32 Å². The van der Waals surface area contributed by atoms with Gasteiger partial charge in [0, 0.05) is 16.6 Å². The first-order valence-electron chi connectivity index (χ1n) is 7.01. The van der Waals surface area contributed by atoms with Gasteiger partial charge in [-0.25, -0.2) is 0 Å². The smallest absolute Gasteiger partial charge is 0.134 e. The number of benzene rings is 1. The molecule has 0 bridgehead atoms. The summed E-state index contributed by atoms with van der Waals surface area (Å²) in [5.41, 5.74) is 1.07. The van der Waals surface area contributed by atoms with Gasteiger partial charge in [-0.05, 0) is 60.0 Å². The van der Waals surface area contributed by atoms with Crippen LogP contribution in [0.15, 0.2) is 33.2 Å². The Morgan fingerprint density at radius 1 is 1.38 bits per heavy atom. The highest BCUT2D eigenvalue weighted by molar-refractivity contribution is 9.10. The molecule has 0 atom stereocenters. The van der Waals surface area contributed by atoms with Crippen molar-refractivity contribution in [1.29, 1.82) is 0 Å². The van der Waals surface area contributed by atoms with Crippen LogP contribution in [0.5, 0.6) is 5.75 Å². The minimum atomic E-state index is 0.485. The summed E-state index contributed by atoms with van der Waals surface area (Å²) in [6.07, 6.45) is 2.56. The van der Waals surface area contributed by atoms with E-state index in [4.69, 9.17) is 20.8 Å². The molecule has 1 fully saturated rings. The van der Waals surface area contributed by atoms with E-state index in [2.05, 4.69) is 27.3 Å². The second-order valence-corrected chi connectivity index (χ2v) is 6.60. The lowest BCUT2D eigenvalue weighted by Gasteiger charge is -2.07. The Morgan fingerprint density at radius 2 is 2.19 bits per heavy atom. The van der Waals surface area contributed by atoms with E-state index in [-0.39, 0.29) is 0 Å². The largest absolute Gasteiger partial charge is 0.488 e. The zero-order valence-electron chi connectivity index (χ0n) is 11.8. The first kappa shape index (κ1) is 14.9. The summed E-state index contributed by atoms with van der Waals surface area (Å²) in [7, 11) is 0. The van der Waals surface area contributed by atoms with Crippen molar-refractivity contribution >= 4 is 27.5 Å². The zero-order valence-corrected chi connectivity index (χ0v) is 14.1. The molecule has 0 spiro atoms. The number of aryl methyl sites for hydroxylation is 1. The molecule has 3 nitrogen and oxygen atoms in total. The van der Waals surface area contributed by atoms with Gasteiger partial charge in [0.2, 0.25) is 0 Å². The molecule has 5 heteroatoms. The zero-order chi connectivity index (χ0) is 14.8. The molecule has 0 saturated heterocycles. The highest BCUT2D eigenvalue weighted by atomic mass is 79.9. The molecule has 0 amide bonds. The van der Waals surface area contributed by atoms with Crippen molar-refractivity contribution < 1.29 is 9.15 Å². The second kappa shape index (κ2) is 6.42. The van der Waals surface area contributed by atoms with Gasteiger partial charge in [0.1, 0.15) is 23.9 Å². The van der Waals surface area contributed by atoms with Crippen LogP contribution in [0, 0.1) is 6.92 Å². The van der Waals surface area contributed by atoms with Crippen LogP contribution in [0.2, 0.25) is 5.02 Å². The number of furan rings is 1. The van der Waals surface area contributed by atoms with Crippen molar-refractivity contribution in [2.24, 2.45) is 0 Å². The minimum absolute atomic E-state index is 0.485. The predicted molar refractivity (Wildman–Crippen MR) is 86.8 cm³/mol. The molecular weight excluding hydrogens is 354 g/mol. The number of rotatable bonds is 6. The van der Waals surface area contributed by atoms with Gasteiger partial charge in [0.15, 0.2) is 0 Å². The first-order valence-corrected chi connectivity index (χ1v) is 8.18. The fraction of sp³-hybridized carbons (Fsp3) is 0.375. The predicted octanol–water partition coefficient (Wildman–Crippen LogP) is 4.83. The van der Waals surface area contributed by atoms with Gasteiger partial charge in [0.25, 0.3) is 0 Å². The molecule has 1 heterocycles. The van der Waals surface area contributed by atoms with Crippen LogP contribution in [0.25, 0.3) is 0 Å². The quantitative estimate of drug-likeness (QED) is 0.790. The summed E-state index contributed by atoms with van der Waals surface area (Å²) in [5, 5.41) is 4.13. The van der Waals surface area contributed by atoms with Crippen molar-refractivity contribution in [2.45, 2.75) is 39.0 Å². The molecule has 1 saturated carbocycles. The van der Waals surface area contributed by atoms with Gasteiger partial charge in [-0.2, -0.15) is 0 Å². The normalized spacial score (nSPS) is 14.4. The van der Waals surface area contributed by atoms with E-state index in [1.807, 2.05) is 25.1 Å². The van der Waals surface area contributed by atoms with Gasteiger partial charge in [0.05, 0.1) is 11.0 Å². The Labute approximate surface area is 137 Å². The highest BCUT2D eigenvalue weighted by Gasteiger charge is 2.21. The van der Waals surface area contributed by atoms with Gasteiger partial charge in [-0.15, -0.1) is 0 Å². The van der Waals surface area contributed by atoms with E-state index in [1.54, 1.807) is 0 Å². The lowest BCUT2D eigenvalue weighted by molar-refractivity contribution is 0.301. The van der Waals surface area contributed by atoms with Crippen LogP contribution < -0.4 is 10.1 Å². The lowest BCUT2D eigenvalue weighted by Crippen LogP contribution is -2.14.